The number of nitro groups is 1. The number of amides is 1. The zero-order chi connectivity index (χ0) is 15.8. The lowest BCUT2D eigenvalue weighted by Gasteiger charge is -2.20. The highest BCUT2D eigenvalue weighted by atomic mass is 16.6. The lowest BCUT2D eigenvalue weighted by atomic mass is 10.1. The third-order valence-electron chi connectivity index (χ3n) is 3.08. The van der Waals surface area contributed by atoms with Gasteiger partial charge in [0.1, 0.15) is 0 Å². The van der Waals surface area contributed by atoms with Gasteiger partial charge in [0.2, 0.25) is 5.91 Å². The van der Waals surface area contributed by atoms with Crippen LogP contribution in [0.1, 0.15) is 18.9 Å². The Morgan fingerprint density at radius 2 is 2.00 bits per heavy atom. The Labute approximate surface area is 122 Å². The van der Waals surface area contributed by atoms with E-state index in [4.69, 9.17) is 0 Å². The number of esters is 1. The number of benzene rings is 1. The molecule has 0 aromatic heterocycles. The Hall–Kier alpha value is -2.44. The number of hydrogen-bond donors (Lipinski definition) is 0. The van der Waals surface area contributed by atoms with E-state index in [2.05, 4.69) is 4.74 Å². The van der Waals surface area contributed by atoms with Gasteiger partial charge in [0.15, 0.2) is 0 Å². The van der Waals surface area contributed by atoms with Gasteiger partial charge < -0.3 is 9.64 Å². The summed E-state index contributed by atoms with van der Waals surface area (Å²) in [5.74, 6) is -0.650. The zero-order valence-electron chi connectivity index (χ0n) is 12.1. The number of para-hydroxylation sites is 1. The van der Waals surface area contributed by atoms with E-state index in [1.54, 1.807) is 25.1 Å². The third-order valence-corrected chi connectivity index (χ3v) is 3.08. The predicted octanol–water partition coefficient (Wildman–Crippen LogP) is 1.55. The minimum Gasteiger partial charge on any atom is -0.469 e. The Bertz CT molecular complexity index is 530. The summed E-state index contributed by atoms with van der Waals surface area (Å²) < 4.78 is 4.53. The van der Waals surface area contributed by atoms with Gasteiger partial charge in [-0.25, -0.2) is 0 Å². The summed E-state index contributed by atoms with van der Waals surface area (Å²) >= 11 is 0. The van der Waals surface area contributed by atoms with Crippen LogP contribution in [0.4, 0.5) is 5.69 Å². The molecule has 1 aromatic carbocycles. The second-order valence-electron chi connectivity index (χ2n) is 4.36. The normalized spacial score (nSPS) is 10.0. The fourth-order valence-corrected chi connectivity index (χ4v) is 1.90. The fraction of sp³-hybridized carbons (Fsp3) is 0.429. The second kappa shape index (κ2) is 7.98. The monoisotopic (exact) mass is 294 g/mol. The van der Waals surface area contributed by atoms with Gasteiger partial charge in [-0.3, -0.25) is 19.7 Å². The summed E-state index contributed by atoms with van der Waals surface area (Å²) in [6.45, 7) is 2.45. The lowest BCUT2D eigenvalue weighted by molar-refractivity contribution is -0.385. The van der Waals surface area contributed by atoms with Crippen molar-refractivity contribution >= 4 is 17.6 Å². The number of likely N-dealkylation sites (N-methyl/N-ethyl adjacent to an activating group) is 1. The topological polar surface area (TPSA) is 89.8 Å². The quantitative estimate of drug-likeness (QED) is 0.432. The number of rotatable bonds is 7. The van der Waals surface area contributed by atoms with Crippen LogP contribution in [0.3, 0.4) is 0 Å². The van der Waals surface area contributed by atoms with Crippen LogP contribution < -0.4 is 0 Å². The van der Waals surface area contributed by atoms with Crippen LogP contribution in [0.15, 0.2) is 24.3 Å². The van der Waals surface area contributed by atoms with Crippen molar-refractivity contribution in [2.24, 2.45) is 0 Å². The molecule has 0 spiro atoms. The highest BCUT2D eigenvalue weighted by molar-refractivity contribution is 5.80. The van der Waals surface area contributed by atoms with Gasteiger partial charge in [-0.15, -0.1) is 0 Å². The Balaban J connectivity index is 2.74. The molecule has 0 unspecified atom stereocenters. The zero-order valence-corrected chi connectivity index (χ0v) is 12.1. The molecule has 114 valence electrons. The largest absolute Gasteiger partial charge is 0.469 e. The van der Waals surface area contributed by atoms with E-state index in [1.807, 2.05) is 0 Å². The number of methoxy groups -OCH3 is 1. The van der Waals surface area contributed by atoms with Crippen molar-refractivity contribution in [3.8, 4) is 0 Å². The molecule has 0 bridgehead atoms. The molecule has 0 heterocycles. The van der Waals surface area contributed by atoms with E-state index >= 15 is 0 Å². The average Bonchev–Trinajstić information content (AvgIpc) is 2.47. The molecule has 0 fully saturated rings. The summed E-state index contributed by atoms with van der Waals surface area (Å²) in [6.07, 6.45) is 0.0408. The molecule has 0 aliphatic rings. The fourth-order valence-electron chi connectivity index (χ4n) is 1.90. The second-order valence-corrected chi connectivity index (χ2v) is 4.36. The van der Waals surface area contributed by atoms with Crippen LogP contribution in [0.5, 0.6) is 0 Å². The molecule has 7 nitrogen and oxygen atoms in total. The van der Waals surface area contributed by atoms with Gasteiger partial charge in [0.25, 0.3) is 5.69 Å². The van der Waals surface area contributed by atoms with Crippen LogP contribution in [0, 0.1) is 10.1 Å². The number of hydrogen-bond acceptors (Lipinski definition) is 5. The highest BCUT2D eigenvalue weighted by Crippen LogP contribution is 2.18. The van der Waals surface area contributed by atoms with E-state index < -0.39 is 10.9 Å². The number of nitro benzene ring substituents is 1. The standard InChI is InChI=1S/C14H18N2O5/c1-3-15(9-8-14(18)21-2)13(17)10-11-6-4-5-7-12(11)16(19)20/h4-7H,3,8-10H2,1-2H3. The molecule has 0 aliphatic carbocycles. The number of ether oxygens (including phenoxy) is 1. The first-order chi connectivity index (χ1) is 9.99. The summed E-state index contributed by atoms with van der Waals surface area (Å²) in [5.41, 5.74) is 0.291. The molecule has 21 heavy (non-hydrogen) atoms. The summed E-state index contributed by atoms with van der Waals surface area (Å²) in [6, 6.07) is 6.14. The molecule has 0 saturated carbocycles. The molecule has 7 heteroatoms. The van der Waals surface area contributed by atoms with Crippen molar-refractivity contribution in [2.75, 3.05) is 20.2 Å². The van der Waals surface area contributed by atoms with Gasteiger partial charge in [0, 0.05) is 24.7 Å². The molecular formula is C14H18N2O5. The predicted molar refractivity (Wildman–Crippen MR) is 75.7 cm³/mol. The van der Waals surface area contributed by atoms with Gasteiger partial charge in [-0.2, -0.15) is 0 Å². The van der Waals surface area contributed by atoms with Gasteiger partial charge in [-0.05, 0) is 6.92 Å². The van der Waals surface area contributed by atoms with Crippen molar-refractivity contribution in [3.05, 3.63) is 39.9 Å². The van der Waals surface area contributed by atoms with Gasteiger partial charge in [0.05, 0.1) is 24.9 Å². The van der Waals surface area contributed by atoms with Crippen LogP contribution in [-0.2, 0) is 20.7 Å². The molecule has 0 aliphatic heterocycles. The van der Waals surface area contributed by atoms with E-state index in [-0.39, 0.29) is 31.0 Å². The molecular weight excluding hydrogens is 276 g/mol. The lowest BCUT2D eigenvalue weighted by Crippen LogP contribution is -2.34. The maximum atomic E-state index is 12.2. The first kappa shape index (κ1) is 16.6. The van der Waals surface area contributed by atoms with Crippen LogP contribution in [0.2, 0.25) is 0 Å². The van der Waals surface area contributed by atoms with E-state index in [9.17, 15) is 19.7 Å². The minimum absolute atomic E-state index is 0.0633. The Morgan fingerprint density at radius 1 is 1.33 bits per heavy atom. The van der Waals surface area contributed by atoms with Crippen molar-refractivity contribution in [2.45, 2.75) is 19.8 Å². The minimum atomic E-state index is -0.507. The van der Waals surface area contributed by atoms with Crippen LogP contribution in [-0.4, -0.2) is 41.9 Å². The van der Waals surface area contributed by atoms with Gasteiger partial charge >= 0.3 is 5.97 Å². The number of carbonyl (C=O) groups excluding carboxylic acids is 2. The first-order valence-electron chi connectivity index (χ1n) is 6.56. The summed E-state index contributed by atoms with van der Waals surface area (Å²) in [5, 5.41) is 10.9. The molecule has 0 saturated heterocycles. The van der Waals surface area contributed by atoms with Gasteiger partial charge in [-0.1, -0.05) is 18.2 Å². The molecule has 1 rings (SSSR count). The number of nitrogens with zero attached hydrogens (tertiary/aromatic N) is 2. The van der Waals surface area contributed by atoms with Crippen molar-refractivity contribution in [1.29, 1.82) is 0 Å². The SMILES string of the molecule is CCN(CCC(=O)OC)C(=O)Cc1ccccc1[N+](=O)[O-]. The Morgan fingerprint density at radius 3 is 2.57 bits per heavy atom. The van der Waals surface area contributed by atoms with E-state index in [0.717, 1.165) is 0 Å². The van der Waals surface area contributed by atoms with Crippen molar-refractivity contribution in [3.63, 3.8) is 0 Å². The van der Waals surface area contributed by atoms with E-state index in [0.29, 0.717) is 12.1 Å². The van der Waals surface area contributed by atoms with Crippen molar-refractivity contribution in [1.82, 2.24) is 4.90 Å². The molecule has 0 radical (unpaired) electrons. The molecule has 0 N–H and O–H groups in total. The molecule has 1 amide bonds. The molecule has 1 aromatic rings. The van der Waals surface area contributed by atoms with Crippen molar-refractivity contribution < 1.29 is 19.2 Å². The van der Waals surface area contributed by atoms with Crippen LogP contribution >= 0.6 is 0 Å². The average molecular weight is 294 g/mol. The van der Waals surface area contributed by atoms with Crippen LogP contribution in [0.25, 0.3) is 0 Å². The Kier molecular flexibility index (Phi) is 6.32. The maximum absolute atomic E-state index is 12.2. The van der Waals surface area contributed by atoms with E-state index in [1.165, 1.54) is 18.1 Å². The summed E-state index contributed by atoms with van der Waals surface area (Å²) in [7, 11) is 1.29. The summed E-state index contributed by atoms with van der Waals surface area (Å²) in [4.78, 5) is 35.2. The maximum Gasteiger partial charge on any atom is 0.307 e. The highest BCUT2D eigenvalue weighted by Gasteiger charge is 2.19. The number of carbonyl (C=O) groups is 2. The first-order valence-corrected chi connectivity index (χ1v) is 6.56. The third kappa shape index (κ3) is 4.87. The smallest absolute Gasteiger partial charge is 0.307 e. The molecule has 0 atom stereocenters.